The third-order valence-corrected chi connectivity index (χ3v) is 4.13. The van der Waals surface area contributed by atoms with Gasteiger partial charge in [0, 0.05) is 0 Å². The Morgan fingerprint density at radius 2 is 1.91 bits per heavy atom. The van der Waals surface area contributed by atoms with E-state index in [4.69, 9.17) is 4.74 Å². The van der Waals surface area contributed by atoms with Crippen molar-refractivity contribution in [3.8, 4) is 5.75 Å². The first-order valence-electron chi connectivity index (χ1n) is 6.96. The molecule has 0 saturated carbocycles. The molecule has 122 valence electrons. The number of phenols is 1. The third kappa shape index (κ3) is 2.80. The Balaban J connectivity index is 2.25. The number of aromatic hydroxyl groups is 1. The molecule has 4 unspecified atom stereocenters. The molecule has 0 spiro atoms. The highest BCUT2D eigenvalue weighted by atomic mass is 16.6. The lowest BCUT2D eigenvalue weighted by Crippen LogP contribution is -2.66. The normalized spacial score (nSPS) is 31.8. The summed E-state index contributed by atoms with van der Waals surface area (Å²) in [6.45, 7) is 4.49. The number of carbonyl (C=O) groups is 1. The van der Waals surface area contributed by atoms with E-state index in [1.165, 1.54) is 6.92 Å². The van der Waals surface area contributed by atoms with Gasteiger partial charge in [0.1, 0.15) is 17.5 Å². The average Bonchev–Trinajstić information content (AvgIpc) is 2.44. The Hall–Kier alpha value is -1.67. The molecule has 7 nitrogen and oxygen atoms in total. The van der Waals surface area contributed by atoms with Crippen LogP contribution in [-0.4, -0.2) is 57.0 Å². The van der Waals surface area contributed by atoms with Crippen molar-refractivity contribution in [3.05, 3.63) is 28.8 Å². The number of ether oxygens (including phenoxy) is 1. The number of hydrogen-bond acceptors (Lipinski definition) is 6. The number of aliphatic hydroxyl groups is 3. The van der Waals surface area contributed by atoms with Crippen molar-refractivity contribution >= 4 is 5.91 Å². The van der Waals surface area contributed by atoms with Gasteiger partial charge in [-0.25, -0.2) is 0 Å². The molecular formula is C15H21NO6. The van der Waals surface area contributed by atoms with Crippen molar-refractivity contribution in [3.63, 3.8) is 0 Å². The Labute approximate surface area is 128 Å². The minimum Gasteiger partial charge on any atom is -0.507 e. The predicted molar refractivity (Wildman–Crippen MR) is 77.4 cm³/mol. The lowest BCUT2D eigenvalue weighted by molar-refractivity contribution is -0.259. The zero-order chi connectivity index (χ0) is 16.7. The summed E-state index contributed by atoms with van der Waals surface area (Å²) in [4.78, 5) is 12.4. The smallest absolute Gasteiger partial charge is 0.255 e. The molecule has 5 N–H and O–H groups in total. The van der Waals surface area contributed by atoms with Crippen LogP contribution in [0, 0.1) is 13.8 Å². The topological polar surface area (TPSA) is 119 Å². The molecule has 1 fully saturated rings. The van der Waals surface area contributed by atoms with Gasteiger partial charge in [0.25, 0.3) is 5.91 Å². The molecule has 0 aliphatic carbocycles. The van der Waals surface area contributed by atoms with E-state index in [1.54, 1.807) is 26.0 Å². The van der Waals surface area contributed by atoms with Crippen molar-refractivity contribution in [2.45, 2.75) is 44.8 Å². The summed E-state index contributed by atoms with van der Waals surface area (Å²) >= 11 is 0. The Morgan fingerprint density at radius 1 is 1.32 bits per heavy atom. The van der Waals surface area contributed by atoms with E-state index in [-0.39, 0.29) is 17.9 Å². The Kier molecular flexibility index (Phi) is 4.44. The standard InChI is InChI=1S/C15H21NO6/c1-7-4-5-8(2)11(17)10(7)13(19)16-9-6-22-14(20)12(18)15(9,3)21/h4-5,9,12,14,17-18,20-21H,6H2,1-3H3,(H,16,19). The number of phenolic OH excluding ortho intramolecular Hbond substituents is 1. The van der Waals surface area contributed by atoms with Gasteiger partial charge in [-0.3, -0.25) is 4.79 Å². The SMILES string of the molecule is Cc1ccc(C)c(C(=O)NC2COC(O)C(O)C2(C)O)c1O. The van der Waals surface area contributed by atoms with Crippen LogP contribution in [0.15, 0.2) is 12.1 Å². The van der Waals surface area contributed by atoms with Gasteiger partial charge in [-0.15, -0.1) is 0 Å². The summed E-state index contributed by atoms with van der Waals surface area (Å²) in [6.07, 6.45) is -3.07. The minimum absolute atomic E-state index is 0.108. The molecule has 0 bridgehead atoms. The minimum atomic E-state index is -1.76. The van der Waals surface area contributed by atoms with E-state index in [0.717, 1.165) is 0 Å². The molecule has 1 aliphatic heterocycles. The lowest BCUT2D eigenvalue weighted by atomic mass is 9.87. The number of aryl methyl sites for hydroxylation is 2. The molecular weight excluding hydrogens is 290 g/mol. The van der Waals surface area contributed by atoms with Crippen molar-refractivity contribution in [1.82, 2.24) is 5.32 Å². The van der Waals surface area contributed by atoms with E-state index < -0.39 is 29.9 Å². The molecule has 0 aromatic heterocycles. The van der Waals surface area contributed by atoms with Crippen LogP contribution < -0.4 is 5.32 Å². The van der Waals surface area contributed by atoms with Crippen LogP contribution >= 0.6 is 0 Å². The molecule has 1 saturated heterocycles. The summed E-state index contributed by atoms with van der Waals surface area (Å²) in [7, 11) is 0. The molecule has 1 aromatic carbocycles. The van der Waals surface area contributed by atoms with Gasteiger partial charge >= 0.3 is 0 Å². The maximum atomic E-state index is 12.4. The fraction of sp³-hybridized carbons (Fsp3) is 0.533. The second kappa shape index (κ2) is 5.85. The van der Waals surface area contributed by atoms with Gasteiger partial charge in [0.2, 0.25) is 0 Å². The summed E-state index contributed by atoms with van der Waals surface area (Å²) in [5.74, 6) is -0.717. The molecule has 2 rings (SSSR count). The third-order valence-electron chi connectivity index (χ3n) is 4.13. The lowest BCUT2D eigenvalue weighted by Gasteiger charge is -2.43. The Morgan fingerprint density at radius 3 is 2.55 bits per heavy atom. The highest BCUT2D eigenvalue weighted by Gasteiger charge is 2.48. The molecule has 1 heterocycles. The zero-order valence-corrected chi connectivity index (χ0v) is 12.7. The van der Waals surface area contributed by atoms with Crippen LogP contribution in [0.1, 0.15) is 28.4 Å². The summed E-state index contributed by atoms with van der Waals surface area (Å²) in [5.41, 5.74) is -0.521. The van der Waals surface area contributed by atoms with Gasteiger partial charge in [-0.05, 0) is 31.9 Å². The summed E-state index contributed by atoms with van der Waals surface area (Å²) in [6, 6.07) is 2.47. The van der Waals surface area contributed by atoms with Crippen LogP contribution in [0.25, 0.3) is 0 Å². The maximum absolute atomic E-state index is 12.4. The molecule has 1 aromatic rings. The highest BCUT2D eigenvalue weighted by Crippen LogP contribution is 2.28. The van der Waals surface area contributed by atoms with Crippen LogP contribution in [0.3, 0.4) is 0 Å². The van der Waals surface area contributed by atoms with Crippen LogP contribution in [0.5, 0.6) is 5.75 Å². The van der Waals surface area contributed by atoms with Gasteiger partial charge in [0.05, 0.1) is 18.2 Å². The van der Waals surface area contributed by atoms with E-state index in [9.17, 15) is 25.2 Å². The molecule has 1 aliphatic rings. The number of benzene rings is 1. The number of carbonyl (C=O) groups excluding carboxylic acids is 1. The molecule has 22 heavy (non-hydrogen) atoms. The quantitative estimate of drug-likeness (QED) is 0.505. The van der Waals surface area contributed by atoms with E-state index in [2.05, 4.69) is 5.32 Å². The second-order valence-corrected chi connectivity index (χ2v) is 5.84. The first-order chi connectivity index (χ1) is 10.2. The van der Waals surface area contributed by atoms with E-state index in [1.807, 2.05) is 0 Å². The first-order valence-corrected chi connectivity index (χ1v) is 6.96. The number of amides is 1. The van der Waals surface area contributed by atoms with Gasteiger partial charge in [-0.1, -0.05) is 12.1 Å². The fourth-order valence-corrected chi connectivity index (χ4v) is 2.45. The van der Waals surface area contributed by atoms with Crippen molar-refractivity contribution in [1.29, 1.82) is 0 Å². The zero-order valence-electron chi connectivity index (χ0n) is 12.7. The van der Waals surface area contributed by atoms with E-state index >= 15 is 0 Å². The van der Waals surface area contributed by atoms with Crippen molar-refractivity contribution < 1.29 is 30.0 Å². The summed E-state index contributed by atoms with van der Waals surface area (Å²) < 4.78 is 4.93. The van der Waals surface area contributed by atoms with Gasteiger partial charge < -0.3 is 30.5 Å². The van der Waals surface area contributed by atoms with Crippen molar-refractivity contribution in [2.24, 2.45) is 0 Å². The molecule has 4 atom stereocenters. The van der Waals surface area contributed by atoms with Crippen LogP contribution in [0.4, 0.5) is 0 Å². The van der Waals surface area contributed by atoms with Crippen molar-refractivity contribution in [2.75, 3.05) is 6.61 Å². The molecule has 1 amide bonds. The monoisotopic (exact) mass is 311 g/mol. The summed E-state index contributed by atoms with van der Waals surface area (Å²) in [5, 5.41) is 42.1. The average molecular weight is 311 g/mol. The largest absolute Gasteiger partial charge is 0.507 e. The number of nitrogens with one attached hydrogen (secondary N) is 1. The first kappa shape index (κ1) is 16.7. The van der Waals surface area contributed by atoms with Crippen LogP contribution in [-0.2, 0) is 4.74 Å². The highest BCUT2D eigenvalue weighted by molar-refractivity contribution is 5.99. The maximum Gasteiger partial charge on any atom is 0.255 e. The number of aliphatic hydroxyl groups excluding tert-OH is 2. The van der Waals surface area contributed by atoms with Gasteiger partial charge in [0.15, 0.2) is 6.29 Å². The van der Waals surface area contributed by atoms with Gasteiger partial charge in [-0.2, -0.15) is 0 Å². The Bertz CT molecular complexity index is 586. The predicted octanol–water partition coefficient (Wildman–Crippen LogP) is -0.432. The van der Waals surface area contributed by atoms with Crippen LogP contribution in [0.2, 0.25) is 0 Å². The molecule has 7 heteroatoms. The second-order valence-electron chi connectivity index (χ2n) is 5.84. The van der Waals surface area contributed by atoms with E-state index in [0.29, 0.717) is 11.1 Å². The fourth-order valence-electron chi connectivity index (χ4n) is 2.45. The number of hydrogen-bond donors (Lipinski definition) is 5. The molecule has 0 radical (unpaired) electrons. The number of rotatable bonds is 2.